The molecular formula is C19H34N4O2S. The van der Waals surface area contributed by atoms with Crippen molar-refractivity contribution in [2.75, 3.05) is 18.6 Å². The zero-order chi connectivity index (χ0) is 20.1. The molecule has 0 saturated carbocycles. The van der Waals surface area contributed by atoms with Gasteiger partial charge in [0.2, 0.25) is 5.91 Å². The lowest BCUT2D eigenvalue weighted by Gasteiger charge is -2.32. The molecule has 0 aromatic carbocycles. The number of hydrogen-bond acceptors (Lipinski definition) is 6. The molecule has 0 spiro atoms. The maximum atomic E-state index is 11.7. The second-order valence-corrected chi connectivity index (χ2v) is 9.06. The Morgan fingerprint density at radius 3 is 2.12 bits per heavy atom. The van der Waals surface area contributed by atoms with E-state index in [0.717, 1.165) is 50.0 Å². The number of nitrogens with zero attached hydrogens (tertiary/aromatic N) is 2. The minimum absolute atomic E-state index is 0.0786. The molecule has 0 radical (unpaired) electrons. The molecule has 0 fully saturated rings. The highest BCUT2D eigenvalue weighted by Crippen LogP contribution is 2.29. The van der Waals surface area contributed by atoms with Crippen LogP contribution in [0, 0.1) is 33.7 Å². The zero-order valence-corrected chi connectivity index (χ0v) is 17.7. The van der Waals surface area contributed by atoms with Gasteiger partial charge in [0.25, 0.3) is 0 Å². The smallest absolute Gasteiger partial charge is 0.238 e. The van der Waals surface area contributed by atoms with Crippen molar-refractivity contribution in [2.24, 2.45) is 10.8 Å². The van der Waals surface area contributed by atoms with Crippen LogP contribution in [0.5, 0.6) is 0 Å². The van der Waals surface area contributed by atoms with E-state index in [-0.39, 0.29) is 17.6 Å². The Kier molecular flexibility index (Phi) is 12.1. The minimum Gasteiger partial charge on any atom is -0.361 e. The molecule has 0 aliphatic heterocycles. The number of amides is 1. The molecule has 1 unspecified atom stereocenters. The second-order valence-electron chi connectivity index (χ2n) is 7.84. The summed E-state index contributed by atoms with van der Waals surface area (Å²) in [6.45, 7) is 7.98. The summed E-state index contributed by atoms with van der Waals surface area (Å²) in [5, 5.41) is 22.2. The number of thioether (sulfide) groups is 1. The normalized spacial score (nSPS) is 12.7. The van der Waals surface area contributed by atoms with Crippen LogP contribution in [0.1, 0.15) is 66.2 Å². The molecular weight excluding hydrogens is 348 g/mol. The van der Waals surface area contributed by atoms with Crippen molar-refractivity contribution in [2.45, 2.75) is 72.4 Å². The van der Waals surface area contributed by atoms with Crippen molar-refractivity contribution in [3.05, 3.63) is 0 Å². The summed E-state index contributed by atoms with van der Waals surface area (Å²) in [5.74, 6) is 2.02. The molecule has 0 aromatic rings. The first kappa shape index (κ1) is 24.6. The van der Waals surface area contributed by atoms with Crippen molar-refractivity contribution in [3.63, 3.8) is 0 Å². The molecule has 1 amide bonds. The molecule has 0 rings (SSSR count). The Hall–Kier alpha value is -1.44. The number of nitriles is 2. The lowest BCUT2D eigenvalue weighted by atomic mass is 9.85. The summed E-state index contributed by atoms with van der Waals surface area (Å²) in [6.07, 6.45) is 9.53. The van der Waals surface area contributed by atoms with Gasteiger partial charge in [0, 0.05) is 17.9 Å². The van der Waals surface area contributed by atoms with Crippen molar-refractivity contribution < 1.29 is 9.53 Å². The van der Waals surface area contributed by atoms with E-state index >= 15 is 0 Å². The lowest BCUT2D eigenvalue weighted by Crippen LogP contribution is -2.41. The van der Waals surface area contributed by atoms with Gasteiger partial charge in [0.05, 0.1) is 0 Å². The summed E-state index contributed by atoms with van der Waals surface area (Å²) in [7, 11) is 1.62. The van der Waals surface area contributed by atoms with Gasteiger partial charge in [0.15, 0.2) is 12.4 Å². The van der Waals surface area contributed by atoms with E-state index in [0.29, 0.717) is 0 Å². The van der Waals surface area contributed by atoms with Crippen LogP contribution in [0.2, 0.25) is 0 Å². The molecule has 26 heavy (non-hydrogen) atoms. The summed E-state index contributed by atoms with van der Waals surface area (Å²) in [5.41, 5.74) is -0.563. The number of carbonyl (C=O) groups is 1. The van der Waals surface area contributed by atoms with Crippen LogP contribution in [-0.2, 0) is 9.53 Å². The Labute approximate surface area is 163 Å². The maximum Gasteiger partial charge on any atom is 0.238 e. The van der Waals surface area contributed by atoms with E-state index in [2.05, 4.69) is 24.5 Å². The Balaban J connectivity index is 3.79. The predicted octanol–water partition coefficient (Wildman–Crippen LogP) is 3.75. The summed E-state index contributed by atoms with van der Waals surface area (Å²) < 4.78 is 5.35. The van der Waals surface area contributed by atoms with E-state index in [1.54, 1.807) is 13.3 Å². The Morgan fingerprint density at radius 1 is 1.04 bits per heavy atom. The van der Waals surface area contributed by atoms with Crippen LogP contribution in [0.4, 0.5) is 0 Å². The van der Waals surface area contributed by atoms with Crippen LogP contribution in [0.25, 0.3) is 0 Å². The molecule has 0 saturated heterocycles. The largest absolute Gasteiger partial charge is 0.361 e. The summed E-state index contributed by atoms with van der Waals surface area (Å²) in [6, 6.07) is 0. The van der Waals surface area contributed by atoms with E-state index in [4.69, 9.17) is 15.3 Å². The third-order valence-electron chi connectivity index (χ3n) is 4.63. The minimum atomic E-state index is -0.485. The van der Waals surface area contributed by atoms with Gasteiger partial charge < -0.3 is 4.74 Å². The molecule has 7 heteroatoms. The molecule has 0 aromatic heterocycles. The van der Waals surface area contributed by atoms with E-state index in [1.807, 2.05) is 31.8 Å². The highest BCUT2D eigenvalue weighted by molar-refractivity contribution is 7.99. The molecule has 1 atom stereocenters. The van der Waals surface area contributed by atoms with Crippen LogP contribution >= 0.6 is 11.8 Å². The third kappa shape index (κ3) is 9.89. The Morgan fingerprint density at radius 2 is 1.62 bits per heavy atom. The molecule has 6 nitrogen and oxygen atoms in total. The van der Waals surface area contributed by atoms with E-state index in [1.165, 1.54) is 0 Å². The summed E-state index contributed by atoms with van der Waals surface area (Å²) >= 11 is 1.95. The predicted molar refractivity (Wildman–Crippen MR) is 106 cm³/mol. The number of methoxy groups -OCH3 is 1. The average molecular weight is 383 g/mol. The van der Waals surface area contributed by atoms with Crippen molar-refractivity contribution >= 4 is 17.7 Å². The lowest BCUT2D eigenvalue weighted by molar-refractivity contribution is -0.128. The maximum absolute atomic E-state index is 11.7. The first-order valence-electron chi connectivity index (χ1n) is 9.16. The number of nitrogens with one attached hydrogen (secondary N) is 2. The number of hydrogen-bond donors (Lipinski definition) is 2. The highest BCUT2D eigenvalue weighted by Gasteiger charge is 2.29. The number of carbonyl (C=O) groups excluding carboxylic acids is 1. The molecule has 0 heterocycles. The van der Waals surface area contributed by atoms with Gasteiger partial charge in [-0.3, -0.25) is 15.4 Å². The van der Waals surface area contributed by atoms with Gasteiger partial charge >= 0.3 is 0 Å². The highest BCUT2D eigenvalue weighted by atomic mass is 32.2. The van der Waals surface area contributed by atoms with Crippen LogP contribution in [0.3, 0.4) is 0 Å². The Bertz CT molecular complexity index is 495. The summed E-state index contributed by atoms with van der Waals surface area (Å²) in [4.78, 5) is 11.7. The van der Waals surface area contributed by atoms with Gasteiger partial charge in [-0.15, -0.1) is 0 Å². The zero-order valence-electron chi connectivity index (χ0n) is 16.9. The van der Waals surface area contributed by atoms with Crippen LogP contribution in [0.15, 0.2) is 0 Å². The van der Waals surface area contributed by atoms with Crippen molar-refractivity contribution in [1.82, 2.24) is 10.6 Å². The molecule has 0 aliphatic carbocycles. The average Bonchev–Trinajstić information content (AvgIpc) is 2.58. The third-order valence-corrected chi connectivity index (χ3v) is 5.78. The SMILES string of the molecule is COC(NC#N)C(C)(C)CCCCSCCCCC(C)(C)C(=O)NC#N. The van der Waals surface area contributed by atoms with Gasteiger partial charge in [-0.25, -0.2) is 0 Å². The van der Waals surface area contributed by atoms with Crippen LogP contribution in [-0.4, -0.2) is 30.8 Å². The monoisotopic (exact) mass is 382 g/mol. The molecule has 0 aliphatic rings. The van der Waals surface area contributed by atoms with Crippen LogP contribution < -0.4 is 10.6 Å². The molecule has 2 N–H and O–H groups in total. The topological polar surface area (TPSA) is 97.9 Å². The standard InChI is InChI=1S/C19H34N4O2S/c1-18(2,16(24)22-14-20)10-6-8-12-26-13-9-7-11-19(3,4)17(25-5)23-15-21/h17,23H,6-13H2,1-5H3,(H,22,24). The van der Waals surface area contributed by atoms with Gasteiger partial charge in [-0.1, -0.05) is 40.5 Å². The van der Waals surface area contributed by atoms with Gasteiger partial charge in [-0.2, -0.15) is 22.3 Å². The quantitative estimate of drug-likeness (QED) is 0.205. The number of ether oxygens (including phenoxy) is 1. The van der Waals surface area contributed by atoms with Crippen molar-refractivity contribution in [1.29, 1.82) is 10.5 Å². The fourth-order valence-corrected chi connectivity index (χ4v) is 3.78. The first-order chi connectivity index (χ1) is 12.2. The van der Waals surface area contributed by atoms with E-state index < -0.39 is 5.41 Å². The van der Waals surface area contributed by atoms with Gasteiger partial charge in [-0.05, 0) is 37.2 Å². The first-order valence-corrected chi connectivity index (χ1v) is 10.3. The fraction of sp³-hybridized carbons (Fsp3) is 0.842. The molecule has 148 valence electrons. The molecule has 0 bridgehead atoms. The van der Waals surface area contributed by atoms with E-state index in [9.17, 15) is 4.79 Å². The number of unbranched alkanes of at least 4 members (excludes halogenated alkanes) is 2. The van der Waals surface area contributed by atoms with Crippen molar-refractivity contribution in [3.8, 4) is 12.4 Å². The number of rotatable bonds is 14. The fourth-order valence-electron chi connectivity index (χ4n) is 2.75. The van der Waals surface area contributed by atoms with Gasteiger partial charge in [0.1, 0.15) is 6.23 Å². The second kappa shape index (κ2) is 12.8.